The van der Waals surface area contributed by atoms with E-state index >= 15 is 0 Å². The maximum Gasteiger partial charge on any atom is 0.325 e. The van der Waals surface area contributed by atoms with Crippen LogP contribution in [0.1, 0.15) is 20.8 Å². The Hall–Kier alpha value is -0.650. The Morgan fingerprint density at radius 2 is 2.00 bits per heavy atom. The standard InChI is InChI=1S/C12H22N2O3/c1-4-17-11(15)12(2,3)14-5-9-7-16-8-10(6-14)13-9/h9-10,13H,4-8H2,1-3H3. The number of morpholine rings is 1. The van der Waals surface area contributed by atoms with Crippen molar-refractivity contribution < 1.29 is 14.3 Å². The molecular formula is C12H22N2O3. The number of carbonyl (C=O) groups is 1. The average molecular weight is 242 g/mol. The summed E-state index contributed by atoms with van der Waals surface area (Å²) >= 11 is 0. The van der Waals surface area contributed by atoms with Gasteiger partial charge < -0.3 is 14.8 Å². The van der Waals surface area contributed by atoms with Crippen LogP contribution in [0.15, 0.2) is 0 Å². The number of fused-ring (bicyclic) bond motifs is 2. The fraction of sp³-hybridized carbons (Fsp3) is 0.917. The molecule has 2 rings (SSSR count). The highest BCUT2D eigenvalue weighted by Gasteiger charge is 2.42. The van der Waals surface area contributed by atoms with Crippen LogP contribution in [0.25, 0.3) is 0 Å². The van der Waals surface area contributed by atoms with Crippen molar-refractivity contribution in [3.05, 3.63) is 0 Å². The van der Waals surface area contributed by atoms with Gasteiger partial charge in [0.25, 0.3) is 0 Å². The quantitative estimate of drug-likeness (QED) is 0.706. The number of rotatable bonds is 3. The lowest BCUT2D eigenvalue weighted by atomic mass is 9.97. The lowest BCUT2D eigenvalue weighted by molar-refractivity contribution is -0.158. The molecule has 0 aromatic carbocycles. The number of nitrogens with zero attached hydrogens (tertiary/aromatic N) is 1. The lowest BCUT2D eigenvalue weighted by Gasteiger charge is -2.47. The smallest absolute Gasteiger partial charge is 0.325 e. The number of carbonyl (C=O) groups excluding carboxylic acids is 1. The Morgan fingerprint density at radius 1 is 1.41 bits per heavy atom. The molecule has 0 aromatic rings. The zero-order valence-corrected chi connectivity index (χ0v) is 10.9. The second-order valence-electron chi connectivity index (χ2n) is 5.28. The summed E-state index contributed by atoms with van der Waals surface area (Å²) in [5.74, 6) is -0.138. The second-order valence-corrected chi connectivity index (χ2v) is 5.28. The molecule has 2 aliphatic heterocycles. The van der Waals surface area contributed by atoms with Crippen molar-refractivity contribution in [2.75, 3.05) is 32.9 Å². The van der Waals surface area contributed by atoms with Gasteiger partial charge in [-0.05, 0) is 20.8 Å². The first-order chi connectivity index (χ1) is 8.04. The third-order valence-corrected chi connectivity index (χ3v) is 3.56. The Kier molecular flexibility index (Phi) is 3.70. The number of ether oxygens (including phenoxy) is 2. The van der Waals surface area contributed by atoms with Gasteiger partial charge in [0.1, 0.15) is 5.54 Å². The third kappa shape index (κ3) is 2.61. The van der Waals surface area contributed by atoms with E-state index < -0.39 is 5.54 Å². The number of piperazine rings is 1. The van der Waals surface area contributed by atoms with Gasteiger partial charge in [0.05, 0.1) is 19.8 Å². The molecular weight excluding hydrogens is 220 g/mol. The molecule has 0 saturated carbocycles. The lowest BCUT2D eigenvalue weighted by Crippen LogP contribution is -2.67. The maximum atomic E-state index is 12.0. The summed E-state index contributed by atoms with van der Waals surface area (Å²) in [5, 5.41) is 3.51. The van der Waals surface area contributed by atoms with Crippen LogP contribution in [0, 0.1) is 0 Å². The zero-order chi connectivity index (χ0) is 12.5. The molecule has 2 aliphatic rings. The third-order valence-electron chi connectivity index (χ3n) is 3.56. The molecule has 17 heavy (non-hydrogen) atoms. The van der Waals surface area contributed by atoms with Gasteiger partial charge in [-0.25, -0.2) is 0 Å². The summed E-state index contributed by atoms with van der Waals surface area (Å²) in [6.45, 7) is 9.28. The Morgan fingerprint density at radius 3 is 2.53 bits per heavy atom. The summed E-state index contributed by atoms with van der Waals surface area (Å²) < 4.78 is 10.6. The fourth-order valence-corrected chi connectivity index (χ4v) is 2.49. The monoisotopic (exact) mass is 242 g/mol. The van der Waals surface area contributed by atoms with Crippen molar-refractivity contribution in [2.45, 2.75) is 38.4 Å². The molecule has 5 heteroatoms. The minimum Gasteiger partial charge on any atom is -0.465 e. The van der Waals surface area contributed by atoms with E-state index in [1.165, 1.54) is 0 Å². The molecule has 2 heterocycles. The van der Waals surface area contributed by atoms with E-state index in [9.17, 15) is 4.79 Å². The van der Waals surface area contributed by atoms with Gasteiger partial charge in [-0.15, -0.1) is 0 Å². The first kappa shape index (κ1) is 12.8. The van der Waals surface area contributed by atoms with Crippen LogP contribution < -0.4 is 5.32 Å². The molecule has 0 amide bonds. The summed E-state index contributed by atoms with van der Waals surface area (Å²) in [5.41, 5.74) is -0.550. The molecule has 98 valence electrons. The molecule has 2 atom stereocenters. The SMILES string of the molecule is CCOC(=O)C(C)(C)N1CC2COCC(C1)N2. The molecule has 1 N–H and O–H groups in total. The topological polar surface area (TPSA) is 50.8 Å². The van der Waals surface area contributed by atoms with Gasteiger partial charge in [0.15, 0.2) is 0 Å². The minimum atomic E-state index is -0.550. The number of esters is 1. The highest BCUT2D eigenvalue weighted by molar-refractivity contribution is 5.79. The molecule has 2 fully saturated rings. The number of nitrogens with one attached hydrogen (secondary N) is 1. The molecule has 5 nitrogen and oxygen atoms in total. The van der Waals surface area contributed by atoms with Gasteiger partial charge in [-0.1, -0.05) is 0 Å². The van der Waals surface area contributed by atoms with E-state index in [-0.39, 0.29) is 5.97 Å². The average Bonchev–Trinajstić information content (AvgIpc) is 2.28. The van der Waals surface area contributed by atoms with Crippen LogP contribution in [0.3, 0.4) is 0 Å². The maximum absolute atomic E-state index is 12.0. The normalized spacial score (nSPS) is 30.1. The van der Waals surface area contributed by atoms with E-state index in [0.717, 1.165) is 26.3 Å². The number of hydrogen-bond donors (Lipinski definition) is 1. The largest absolute Gasteiger partial charge is 0.465 e. The number of hydrogen-bond acceptors (Lipinski definition) is 5. The van der Waals surface area contributed by atoms with E-state index in [2.05, 4.69) is 10.2 Å². The Balaban J connectivity index is 2.03. The van der Waals surface area contributed by atoms with E-state index in [4.69, 9.17) is 9.47 Å². The van der Waals surface area contributed by atoms with Crippen LogP contribution in [-0.4, -0.2) is 61.4 Å². The zero-order valence-electron chi connectivity index (χ0n) is 10.9. The second kappa shape index (κ2) is 4.92. The van der Waals surface area contributed by atoms with Crippen molar-refractivity contribution in [1.82, 2.24) is 10.2 Å². The van der Waals surface area contributed by atoms with Gasteiger partial charge in [-0.3, -0.25) is 9.69 Å². The molecule has 2 bridgehead atoms. The summed E-state index contributed by atoms with van der Waals surface area (Å²) in [7, 11) is 0. The molecule has 0 aliphatic carbocycles. The predicted octanol–water partition coefficient (Wildman–Crippen LogP) is 0.000700. The predicted molar refractivity (Wildman–Crippen MR) is 63.8 cm³/mol. The fourth-order valence-electron chi connectivity index (χ4n) is 2.49. The van der Waals surface area contributed by atoms with Gasteiger partial charge in [0.2, 0.25) is 0 Å². The van der Waals surface area contributed by atoms with Crippen molar-refractivity contribution in [2.24, 2.45) is 0 Å². The Bertz CT molecular complexity index is 281. The van der Waals surface area contributed by atoms with Crippen LogP contribution in [-0.2, 0) is 14.3 Å². The molecule has 2 saturated heterocycles. The van der Waals surface area contributed by atoms with E-state index in [1.807, 2.05) is 20.8 Å². The molecule has 0 aromatic heterocycles. The van der Waals surface area contributed by atoms with Gasteiger partial charge >= 0.3 is 5.97 Å². The summed E-state index contributed by atoms with van der Waals surface area (Å²) in [6.07, 6.45) is 0. The summed E-state index contributed by atoms with van der Waals surface area (Å²) in [6, 6.07) is 0.660. The van der Waals surface area contributed by atoms with Crippen molar-refractivity contribution in [3.63, 3.8) is 0 Å². The highest BCUT2D eigenvalue weighted by Crippen LogP contribution is 2.22. The molecule has 0 radical (unpaired) electrons. The van der Waals surface area contributed by atoms with Crippen LogP contribution in [0.4, 0.5) is 0 Å². The van der Waals surface area contributed by atoms with Crippen molar-refractivity contribution >= 4 is 5.97 Å². The minimum absolute atomic E-state index is 0.138. The van der Waals surface area contributed by atoms with Crippen LogP contribution in [0.2, 0.25) is 0 Å². The van der Waals surface area contributed by atoms with E-state index in [1.54, 1.807) is 0 Å². The van der Waals surface area contributed by atoms with Crippen molar-refractivity contribution in [1.29, 1.82) is 0 Å². The summed E-state index contributed by atoms with van der Waals surface area (Å²) in [4.78, 5) is 14.2. The first-order valence-electron chi connectivity index (χ1n) is 6.30. The van der Waals surface area contributed by atoms with Crippen LogP contribution >= 0.6 is 0 Å². The van der Waals surface area contributed by atoms with E-state index in [0.29, 0.717) is 18.7 Å². The molecule has 0 spiro atoms. The Labute approximate surface area is 102 Å². The molecule has 2 unspecified atom stereocenters. The van der Waals surface area contributed by atoms with Crippen LogP contribution in [0.5, 0.6) is 0 Å². The first-order valence-corrected chi connectivity index (χ1v) is 6.30. The van der Waals surface area contributed by atoms with Gasteiger partial charge in [0, 0.05) is 25.2 Å². The van der Waals surface area contributed by atoms with Crippen molar-refractivity contribution in [3.8, 4) is 0 Å². The highest BCUT2D eigenvalue weighted by atomic mass is 16.5. The van der Waals surface area contributed by atoms with Gasteiger partial charge in [-0.2, -0.15) is 0 Å².